The monoisotopic (exact) mass is 323 g/mol. The number of aromatic nitrogens is 1. The van der Waals surface area contributed by atoms with Crippen molar-refractivity contribution in [3.63, 3.8) is 0 Å². The molecule has 2 unspecified atom stereocenters. The van der Waals surface area contributed by atoms with Crippen molar-refractivity contribution in [2.45, 2.75) is 31.8 Å². The van der Waals surface area contributed by atoms with Crippen molar-refractivity contribution in [1.29, 1.82) is 0 Å². The van der Waals surface area contributed by atoms with Gasteiger partial charge in [0.25, 0.3) is 0 Å². The van der Waals surface area contributed by atoms with Crippen LogP contribution in [0.2, 0.25) is 0 Å². The van der Waals surface area contributed by atoms with Gasteiger partial charge in [0.2, 0.25) is 0 Å². The maximum absolute atomic E-state index is 10.6. The highest BCUT2D eigenvalue weighted by Crippen LogP contribution is 2.43. The van der Waals surface area contributed by atoms with Crippen molar-refractivity contribution in [2.75, 3.05) is 0 Å². The highest BCUT2D eigenvalue weighted by Gasteiger charge is 2.31. The molecule has 2 aromatic heterocycles. The third kappa shape index (κ3) is 2.02. The Bertz CT molecular complexity index is 561. The zero-order chi connectivity index (χ0) is 12.7. The van der Waals surface area contributed by atoms with Crippen molar-refractivity contribution in [3.8, 4) is 0 Å². The minimum atomic E-state index is -0.434. The van der Waals surface area contributed by atoms with Crippen molar-refractivity contribution in [1.82, 2.24) is 4.98 Å². The zero-order valence-electron chi connectivity index (χ0n) is 10.1. The fraction of sp³-hybridized carbons (Fsp3) is 0.357. The molecular formula is C14H14BrNOS. The van der Waals surface area contributed by atoms with Crippen LogP contribution in [0.4, 0.5) is 0 Å². The van der Waals surface area contributed by atoms with Gasteiger partial charge in [0.15, 0.2) is 0 Å². The molecule has 0 aromatic carbocycles. The molecule has 0 fully saturated rings. The Morgan fingerprint density at radius 3 is 3.11 bits per heavy atom. The average Bonchev–Trinajstić information content (AvgIpc) is 2.93. The van der Waals surface area contributed by atoms with E-state index < -0.39 is 6.10 Å². The number of aliphatic hydroxyl groups excluding tert-OH is 1. The molecule has 0 aliphatic heterocycles. The first-order valence-corrected chi connectivity index (χ1v) is 7.65. The summed E-state index contributed by atoms with van der Waals surface area (Å²) in [6.07, 6.45) is 3.40. The van der Waals surface area contributed by atoms with Gasteiger partial charge in [-0.3, -0.25) is 4.98 Å². The summed E-state index contributed by atoms with van der Waals surface area (Å²) in [5.41, 5.74) is 3.55. The number of hydrogen-bond donors (Lipinski definition) is 1. The van der Waals surface area contributed by atoms with E-state index in [0.717, 1.165) is 27.2 Å². The summed E-state index contributed by atoms with van der Waals surface area (Å²) in [7, 11) is 0. The van der Waals surface area contributed by atoms with E-state index in [4.69, 9.17) is 0 Å². The molecule has 94 valence electrons. The van der Waals surface area contributed by atoms with Crippen molar-refractivity contribution in [2.24, 2.45) is 0 Å². The Morgan fingerprint density at radius 1 is 1.56 bits per heavy atom. The number of nitrogens with zero attached hydrogens (tertiary/aromatic N) is 1. The van der Waals surface area contributed by atoms with E-state index in [-0.39, 0.29) is 5.92 Å². The van der Waals surface area contributed by atoms with E-state index in [1.165, 1.54) is 11.1 Å². The van der Waals surface area contributed by atoms with Gasteiger partial charge in [0, 0.05) is 22.7 Å². The van der Waals surface area contributed by atoms with Crippen LogP contribution in [0.25, 0.3) is 0 Å². The second-order valence-electron chi connectivity index (χ2n) is 4.74. The van der Waals surface area contributed by atoms with Gasteiger partial charge in [-0.05, 0) is 59.0 Å². The molecule has 1 N–H and O–H groups in total. The van der Waals surface area contributed by atoms with Crippen LogP contribution >= 0.6 is 27.3 Å². The molecule has 0 radical (unpaired) electrons. The van der Waals surface area contributed by atoms with Gasteiger partial charge in [0.1, 0.15) is 0 Å². The first-order chi connectivity index (χ1) is 8.66. The zero-order valence-corrected chi connectivity index (χ0v) is 12.5. The van der Waals surface area contributed by atoms with Gasteiger partial charge in [0.05, 0.1) is 9.89 Å². The van der Waals surface area contributed by atoms with Crippen LogP contribution in [0.5, 0.6) is 0 Å². The molecule has 0 saturated carbocycles. The summed E-state index contributed by atoms with van der Waals surface area (Å²) in [6.45, 7) is 2.05. The standard InChI is InChI=1S/C14H14BrNOS/c1-8-7-11(18-14(8)15)13(17)10-5-4-9-3-2-6-16-12(9)10/h2-3,6-7,10,13,17H,4-5H2,1H3. The number of fused-ring (bicyclic) bond motifs is 1. The number of aliphatic hydroxyl groups is 1. The maximum atomic E-state index is 10.6. The van der Waals surface area contributed by atoms with E-state index in [0.29, 0.717) is 0 Å². The van der Waals surface area contributed by atoms with Gasteiger partial charge in [-0.15, -0.1) is 11.3 Å². The minimum absolute atomic E-state index is 0.145. The van der Waals surface area contributed by atoms with E-state index in [1.807, 2.05) is 12.3 Å². The predicted octanol–water partition coefficient (Wildman–Crippen LogP) is 3.98. The molecule has 2 nitrogen and oxygen atoms in total. The fourth-order valence-corrected chi connectivity index (χ4v) is 4.20. The quantitative estimate of drug-likeness (QED) is 0.906. The second kappa shape index (κ2) is 4.76. The second-order valence-corrected chi connectivity index (χ2v) is 7.14. The Labute approximate surface area is 119 Å². The summed E-state index contributed by atoms with van der Waals surface area (Å²) in [6, 6.07) is 6.16. The smallest absolute Gasteiger partial charge is 0.0966 e. The lowest BCUT2D eigenvalue weighted by atomic mass is 9.98. The lowest BCUT2D eigenvalue weighted by Crippen LogP contribution is -2.07. The van der Waals surface area contributed by atoms with Crippen molar-refractivity contribution in [3.05, 3.63) is 49.9 Å². The molecular weight excluding hydrogens is 310 g/mol. The molecule has 0 amide bonds. The molecule has 2 heterocycles. The summed E-state index contributed by atoms with van der Waals surface area (Å²) in [5, 5.41) is 10.6. The third-order valence-corrected chi connectivity index (χ3v) is 5.76. The minimum Gasteiger partial charge on any atom is -0.387 e. The Morgan fingerprint density at radius 2 is 2.39 bits per heavy atom. The highest BCUT2D eigenvalue weighted by atomic mass is 79.9. The van der Waals surface area contributed by atoms with Crippen LogP contribution in [0.1, 0.15) is 40.1 Å². The summed E-state index contributed by atoms with van der Waals surface area (Å²) < 4.78 is 1.11. The van der Waals surface area contributed by atoms with Crippen LogP contribution in [0, 0.1) is 6.92 Å². The van der Waals surface area contributed by atoms with Crippen molar-refractivity contribution < 1.29 is 5.11 Å². The van der Waals surface area contributed by atoms with Crippen LogP contribution in [-0.2, 0) is 6.42 Å². The van der Waals surface area contributed by atoms with Gasteiger partial charge >= 0.3 is 0 Å². The summed E-state index contributed by atoms with van der Waals surface area (Å²) in [4.78, 5) is 5.48. The van der Waals surface area contributed by atoms with Gasteiger partial charge in [-0.1, -0.05) is 6.07 Å². The third-order valence-electron chi connectivity index (χ3n) is 3.55. The average molecular weight is 324 g/mol. The van der Waals surface area contributed by atoms with Crippen LogP contribution in [0.3, 0.4) is 0 Å². The molecule has 0 bridgehead atoms. The molecule has 1 aliphatic rings. The SMILES string of the molecule is Cc1cc(C(O)C2CCc3cccnc32)sc1Br. The van der Waals surface area contributed by atoms with Gasteiger partial charge in [-0.2, -0.15) is 0 Å². The molecule has 3 rings (SSSR count). The van der Waals surface area contributed by atoms with Crippen LogP contribution in [-0.4, -0.2) is 10.1 Å². The first kappa shape index (κ1) is 12.3. The van der Waals surface area contributed by atoms with E-state index in [9.17, 15) is 5.11 Å². The number of hydrogen-bond acceptors (Lipinski definition) is 3. The van der Waals surface area contributed by atoms with E-state index in [1.54, 1.807) is 11.3 Å². The van der Waals surface area contributed by atoms with Gasteiger partial charge in [-0.25, -0.2) is 0 Å². The Balaban J connectivity index is 1.92. The first-order valence-electron chi connectivity index (χ1n) is 6.04. The maximum Gasteiger partial charge on any atom is 0.0966 e. The lowest BCUT2D eigenvalue weighted by molar-refractivity contribution is 0.147. The summed E-state index contributed by atoms with van der Waals surface area (Å²) >= 11 is 5.14. The molecule has 0 saturated heterocycles. The van der Waals surface area contributed by atoms with Crippen LogP contribution in [0.15, 0.2) is 28.2 Å². The van der Waals surface area contributed by atoms with E-state index >= 15 is 0 Å². The van der Waals surface area contributed by atoms with Gasteiger partial charge < -0.3 is 5.11 Å². The Hall–Kier alpha value is -0.710. The largest absolute Gasteiger partial charge is 0.387 e. The highest BCUT2D eigenvalue weighted by molar-refractivity contribution is 9.11. The normalized spacial score (nSPS) is 19.8. The lowest BCUT2D eigenvalue weighted by Gasteiger charge is -2.16. The van der Waals surface area contributed by atoms with Crippen LogP contribution < -0.4 is 0 Å². The molecule has 0 spiro atoms. The Kier molecular flexibility index (Phi) is 3.26. The molecule has 2 atom stereocenters. The topological polar surface area (TPSA) is 33.1 Å². The fourth-order valence-electron chi connectivity index (χ4n) is 2.58. The molecule has 18 heavy (non-hydrogen) atoms. The van der Waals surface area contributed by atoms with E-state index in [2.05, 4.69) is 40.0 Å². The number of pyridine rings is 1. The van der Waals surface area contributed by atoms with Crippen molar-refractivity contribution >= 4 is 27.3 Å². The molecule has 1 aliphatic carbocycles. The number of aryl methyl sites for hydroxylation is 2. The molecule has 2 aromatic rings. The summed E-state index contributed by atoms with van der Waals surface area (Å²) in [5.74, 6) is 0.145. The number of halogens is 1. The predicted molar refractivity (Wildman–Crippen MR) is 77.0 cm³/mol. The molecule has 4 heteroatoms. The number of thiophene rings is 1. The number of rotatable bonds is 2.